The van der Waals surface area contributed by atoms with Crippen molar-refractivity contribution in [3.8, 4) is 0 Å². The third-order valence-electron chi connectivity index (χ3n) is 3.47. The molecule has 3 heterocycles. The molecular formula is C15H17N4O4S+. The molecule has 0 bridgehead atoms. The number of hydrogen-bond donors (Lipinski definition) is 2. The summed E-state index contributed by atoms with van der Waals surface area (Å²) in [5.41, 5.74) is -0.386. The van der Waals surface area contributed by atoms with Crippen LogP contribution in [0.1, 0.15) is 16.6 Å². The predicted molar refractivity (Wildman–Crippen MR) is 87.5 cm³/mol. The van der Waals surface area contributed by atoms with Crippen LogP contribution in [0.3, 0.4) is 0 Å². The number of thioether (sulfide) groups is 1. The van der Waals surface area contributed by atoms with Crippen molar-refractivity contribution in [3.63, 3.8) is 0 Å². The Hall–Kier alpha value is -2.23. The van der Waals surface area contributed by atoms with Crippen LogP contribution in [0.15, 0.2) is 41.6 Å². The van der Waals surface area contributed by atoms with Gasteiger partial charge in [-0.2, -0.15) is 4.98 Å². The second kappa shape index (κ2) is 7.12. The first kappa shape index (κ1) is 16.6. The number of ether oxygens (including phenoxy) is 1. The number of aromatic nitrogens is 3. The van der Waals surface area contributed by atoms with Crippen molar-refractivity contribution in [2.75, 3.05) is 17.7 Å². The Balaban J connectivity index is 1.73. The SMILES string of the molecule is C[n+]1cccc(C(=O)Nc2ccn([C@@H]3CS[C@H](CO)O3)c(=O)n2)c1. The Bertz CT molecular complexity index is 810. The van der Waals surface area contributed by atoms with Crippen molar-refractivity contribution < 1.29 is 19.2 Å². The average molecular weight is 349 g/mol. The van der Waals surface area contributed by atoms with Gasteiger partial charge in [0.1, 0.15) is 30.1 Å². The second-order valence-electron chi connectivity index (χ2n) is 5.25. The highest BCUT2D eigenvalue weighted by Crippen LogP contribution is 2.30. The Morgan fingerprint density at radius 1 is 1.58 bits per heavy atom. The summed E-state index contributed by atoms with van der Waals surface area (Å²) in [5.74, 6) is 0.389. The van der Waals surface area contributed by atoms with E-state index in [2.05, 4.69) is 10.3 Å². The molecule has 0 aliphatic carbocycles. The van der Waals surface area contributed by atoms with Crippen molar-refractivity contribution in [1.29, 1.82) is 0 Å². The number of pyridine rings is 1. The molecule has 3 rings (SSSR count). The lowest BCUT2D eigenvalue weighted by Gasteiger charge is -2.13. The highest BCUT2D eigenvalue weighted by atomic mass is 32.2. The first-order valence-corrected chi connectivity index (χ1v) is 8.35. The molecule has 24 heavy (non-hydrogen) atoms. The smallest absolute Gasteiger partial charge is 0.351 e. The molecule has 1 amide bonds. The van der Waals surface area contributed by atoms with E-state index < -0.39 is 11.9 Å². The first-order valence-electron chi connectivity index (χ1n) is 7.30. The molecule has 2 aromatic rings. The molecule has 2 atom stereocenters. The summed E-state index contributed by atoms with van der Waals surface area (Å²) in [6, 6.07) is 4.98. The minimum atomic E-state index is -0.518. The number of carbonyl (C=O) groups excluding carboxylic acids is 1. The summed E-state index contributed by atoms with van der Waals surface area (Å²) in [6.07, 6.45) is 4.55. The maximum atomic E-state index is 12.2. The second-order valence-corrected chi connectivity index (χ2v) is 6.44. The number of carbonyl (C=O) groups is 1. The third-order valence-corrected chi connectivity index (χ3v) is 4.58. The Morgan fingerprint density at radius 3 is 3.08 bits per heavy atom. The summed E-state index contributed by atoms with van der Waals surface area (Å²) in [5, 5.41) is 11.7. The molecule has 1 aliphatic heterocycles. The van der Waals surface area contributed by atoms with Gasteiger partial charge in [-0.15, -0.1) is 11.8 Å². The molecule has 0 aromatic carbocycles. The van der Waals surface area contributed by atoms with Crippen LogP contribution in [-0.2, 0) is 11.8 Å². The number of rotatable bonds is 4. The zero-order valence-electron chi connectivity index (χ0n) is 13.0. The van der Waals surface area contributed by atoms with E-state index in [1.165, 1.54) is 22.5 Å². The molecule has 2 aromatic heterocycles. The molecule has 0 radical (unpaired) electrons. The molecule has 0 spiro atoms. The minimum Gasteiger partial charge on any atom is -0.393 e. The van der Waals surface area contributed by atoms with E-state index in [4.69, 9.17) is 9.84 Å². The van der Waals surface area contributed by atoms with Crippen molar-refractivity contribution >= 4 is 23.5 Å². The summed E-state index contributed by atoms with van der Waals surface area (Å²) < 4.78 is 8.63. The van der Waals surface area contributed by atoms with Crippen molar-refractivity contribution in [3.05, 3.63) is 52.8 Å². The van der Waals surface area contributed by atoms with Crippen LogP contribution in [0.25, 0.3) is 0 Å². The van der Waals surface area contributed by atoms with E-state index in [0.29, 0.717) is 11.3 Å². The number of aliphatic hydroxyl groups is 1. The monoisotopic (exact) mass is 349 g/mol. The molecule has 1 saturated heterocycles. The number of hydrogen-bond acceptors (Lipinski definition) is 6. The van der Waals surface area contributed by atoms with E-state index >= 15 is 0 Å². The standard InChI is InChI=1S/C15H16N4O4S/c1-18-5-2-3-10(7-18)14(21)16-11-4-6-19(15(22)17-11)12-9-24-13(8-20)23-12/h2-7,12-13,20H,8-9H2,1H3/p+1/t12-,13+/m0/s1. The van der Waals surface area contributed by atoms with Gasteiger partial charge in [0.2, 0.25) is 0 Å². The van der Waals surface area contributed by atoms with Crippen LogP contribution in [-0.4, -0.2) is 38.4 Å². The van der Waals surface area contributed by atoms with Gasteiger partial charge >= 0.3 is 5.69 Å². The van der Waals surface area contributed by atoms with Gasteiger partial charge in [0.15, 0.2) is 12.4 Å². The Labute approximate surface area is 142 Å². The van der Waals surface area contributed by atoms with Crippen molar-refractivity contribution in [1.82, 2.24) is 9.55 Å². The molecule has 2 N–H and O–H groups in total. The van der Waals surface area contributed by atoms with Crippen LogP contribution in [0, 0.1) is 0 Å². The molecule has 8 nitrogen and oxygen atoms in total. The van der Waals surface area contributed by atoms with E-state index in [-0.39, 0.29) is 23.8 Å². The van der Waals surface area contributed by atoms with Gasteiger partial charge in [-0.3, -0.25) is 9.36 Å². The fourth-order valence-electron chi connectivity index (χ4n) is 2.30. The number of aliphatic hydroxyl groups excluding tert-OH is 1. The molecule has 0 saturated carbocycles. The van der Waals surface area contributed by atoms with Crippen LogP contribution in [0.2, 0.25) is 0 Å². The predicted octanol–water partition coefficient (Wildman–Crippen LogP) is -0.0995. The van der Waals surface area contributed by atoms with Crippen LogP contribution in [0.4, 0.5) is 5.82 Å². The van der Waals surface area contributed by atoms with Gasteiger partial charge in [0.25, 0.3) is 5.91 Å². The van der Waals surface area contributed by atoms with Crippen LogP contribution < -0.4 is 15.6 Å². The number of aryl methyl sites for hydroxylation is 1. The number of anilines is 1. The van der Waals surface area contributed by atoms with E-state index in [1.54, 1.807) is 29.0 Å². The average Bonchev–Trinajstić information content (AvgIpc) is 3.04. The van der Waals surface area contributed by atoms with E-state index in [1.807, 2.05) is 13.2 Å². The van der Waals surface area contributed by atoms with Crippen LogP contribution in [0.5, 0.6) is 0 Å². The molecule has 1 aliphatic rings. The summed E-state index contributed by atoms with van der Waals surface area (Å²) >= 11 is 1.44. The highest BCUT2D eigenvalue weighted by Gasteiger charge is 2.27. The molecule has 126 valence electrons. The number of nitrogens with zero attached hydrogens (tertiary/aromatic N) is 3. The minimum absolute atomic E-state index is 0.105. The largest absolute Gasteiger partial charge is 0.393 e. The summed E-state index contributed by atoms with van der Waals surface area (Å²) in [6.45, 7) is -0.105. The van der Waals surface area contributed by atoms with Gasteiger partial charge in [-0.25, -0.2) is 9.36 Å². The zero-order chi connectivity index (χ0) is 17.1. The van der Waals surface area contributed by atoms with Gasteiger partial charge in [0.05, 0.1) is 6.61 Å². The summed E-state index contributed by atoms with van der Waals surface area (Å²) in [7, 11) is 1.81. The van der Waals surface area contributed by atoms with Gasteiger partial charge in [-0.05, 0) is 12.1 Å². The van der Waals surface area contributed by atoms with Gasteiger partial charge in [0, 0.05) is 18.0 Å². The quantitative estimate of drug-likeness (QED) is 0.748. The fourth-order valence-corrected chi connectivity index (χ4v) is 3.23. The topological polar surface area (TPSA) is 97.3 Å². The first-order chi connectivity index (χ1) is 11.6. The van der Waals surface area contributed by atoms with E-state index in [0.717, 1.165) is 0 Å². The Kier molecular flexibility index (Phi) is 4.93. The maximum Gasteiger partial charge on any atom is 0.351 e. The lowest BCUT2D eigenvalue weighted by atomic mass is 10.2. The number of amides is 1. The van der Waals surface area contributed by atoms with Crippen molar-refractivity contribution in [2.45, 2.75) is 11.7 Å². The Morgan fingerprint density at radius 2 is 2.42 bits per heavy atom. The van der Waals surface area contributed by atoms with E-state index in [9.17, 15) is 9.59 Å². The molecule has 1 fully saturated rings. The lowest BCUT2D eigenvalue weighted by molar-refractivity contribution is -0.671. The molecular weight excluding hydrogens is 332 g/mol. The zero-order valence-corrected chi connectivity index (χ0v) is 13.8. The maximum absolute atomic E-state index is 12.2. The van der Waals surface area contributed by atoms with Crippen molar-refractivity contribution in [2.24, 2.45) is 7.05 Å². The normalized spacial score (nSPS) is 20.1. The van der Waals surface area contributed by atoms with Gasteiger partial charge in [-0.1, -0.05) is 0 Å². The molecule has 9 heteroatoms. The lowest BCUT2D eigenvalue weighted by Crippen LogP contribution is -2.30. The fraction of sp³-hybridized carbons (Fsp3) is 0.333. The molecule has 0 unspecified atom stereocenters. The third kappa shape index (κ3) is 3.64. The number of nitrogens with one attached hydrogen (secondary N) is 1. The highest BCUT2D eigenvalue weighted by molar-refractivity contribution is 8.00. The summed E-state index contributed by atoms with van der Waals surface area (Å²) in [4.78, 5) is 28.2. The van der Waals surface area contributed by atoms with Crippen LogP contribution >= 0.6 is 11.8 Å². The van der Waals surface area contributed by atoms with Gasteiger partial charge < -0.3 is 15.2 Å².